The Morgan fingerprint density at radius 1 is 1.39 bits per heavy atom. The molecule has 0 aliphatic heterocycles. The molecule has 2 aromatic rings. The average Bonchev–Trinajstić information content (AvgIpc) is 2.81. The molecule has 1 atom stereocenters. The average molecular weight is 246 g/mol. The van der Waals surface area contributed by atoms with Crippen molar-refractivity contribution in [1.82, 2.24) is 9.78 Å². The van der Waals surface area contributed by atoms with E-state index in [9.17, 15) is 4.79 Å². The Labute approximate surface area is 104 Å². The van der Waals surface area contributed by atoms with Crippen LogP contribution in [0.3, 0.4) is 0 Å². The summed E-state index contributed by atoms with van der Waals surface area (Å²) >= 11 is 0. The van der Waals surface area contributed by atoms with Crippen LogP contribution in [0.4, 0.5) is 10.5 Å². The van der Waals surface area contributed by atoms with Gasteiger partial charge in [0.15, 0.2) is 0 Å². The number of rotatable bonds is 4. The number of carbonyl (C=O) groups is 1. The van der Waals surface area contributed by atoms with Crippen LogP contribution in [0, 0.1) is 0 Å². The molecule has 4 N–H and O–H groups in total. The summed E-state index contributed by atoms with van der Waals surface area (Å²) in [5.41, 5.74) is 12.2. The van der Waals surface area contributed by atoms with E-state index >= 15 is 0 Å². The van der Waals surface area contributed by atoms with Crippen molar-refractivity contribution in [3.63, 3.8) is 0 Å². The second-order valence-electron chi connectivity index (χ2n) is 3.82. The van der Waals surface area contributed by atoms with Gasteiger partial charge in [-0.25, -0.2) is 4.79 Å². The van der Waals surface area contributed by atoms with Crippen LogP contribution in [0.15, 0.2) is 42.7 Å². The molecule has 1 aromatic heterocycles. The van der Waals surface area contributed by atoms with Crippen LogP contribution in [0.1, 0.15) is 11.7 Å². The fourth-order valence-electron chi connectivity index (χ4n) is 1.64. The summed E-state index contributed by atoms with van der Waals surface area (Å²) in [6, 6.07) is 8.88. The van der Waals surface area contributed by atoms with Crippen LogP contribution in [-0.2, 0) is 11.3 Å². The van der Waals surface area contributed by atoms with Gasteiger partial charge in [-0.05, 0) is 23.8 Å². The molecule has 0 saturated carbocycles. The Kier molecular flexibility index (Phi) is 3.47. The highest BCUT2D eigenvalue weighted by molar-refractivity contribution is 5.65. The highest BCUT2D eigenvalue weighted by atomic mass is 16.6. The third-order valence-corrected chi connectivity index (χ3v) is 2.48. The molecule has 6 heteroatoms. The zero-order valence-corrected chi connectivity index (χ0v) is 9.69. The Balaban J connectivity index is 2.19. The lowest BCUT2D eigenvalue weighted by Crippen LogP contribution is -2.21. The number of carbonyl (C=O) groups excluding carboxylic acids is 1. The van der Waals surface area contributed by atoms with E-state index in [1.54, 1.807) is 47.4 Å². The Morgan fingerprint density at radius 2 is 2.11 bits per heavy atom. The molecule has 0 radical (unpaired) electrons. The summed E-state index contributed by atoms with van der Waals surface area (Å²) < 4.78 is 6.76. The number of amides is 1. The van der Waals surface area contributed by atoms with E-state index in [-0.39, 0.29) is 0 Å². The third-order valence-electron chi connectivity index (χ3n) is 2.48. The zero-order valence-electron chi connectivity index (χ0n) is 9.69. The van der Waals surface area contributed by atoms with E-state index in [0.717, 1.165) is 5.56 Å². The summed E-state index contributed by atoms with van der Waals surface area (Å²) in [5, 5.41) is 4.07. The first-order valence-electron chi connectivity index (χ1n) is 5.44. The highest BCUT2D eigenvalue weighted by Crippen LogP contribution is 2.20. The predicted octanol–water partition coefficient (Wildman–Crippen LogP) is 1.30. The molecule has 18 heavy (non-hydrogen) atoms. The minimum absolute atomic E-state index is 0.403. The second-order valence-corrected chi connectivity index (χ2v) is 3.82. The van der Waals surface area contributed by atoms with Gasteiger partial charge in [0.2, 0.25) is 0 Å². The number of hydrogen-bond donors (Lipinski definition) is 2. The van der Waals surface area contributed by atoms with Gasteiger partial charge in [-0.1, -0.05) is 12.1 Å². The van der Waals surface area contributed by atoms with Crippen LogP contribution >= 0.6 is 0 Å². The lowest BCUT2D eigenvalue weighted by Gasteiger charge is -2.17. The Hall–Kier alpha value is -2.50. The third kappa shape index (κ3) is 3.00. The van der Waals surface area contributed by atoms with Crippen LogP contribution in [0.25, 0.3) is 0 Å². The minimum Gasteiger partial charge on any atom is -0.440 e. The summed E-state index contributed by atoms with van der Waals surface area (Å²) in [6.45, 7) is 0.403. The maximum Gasteiger partial charge on any atom is 0.405 e. The number of aromatic nitrogens is 2. The molecular weight excluding hydrogens is 232 g/mol. The molecule has 1 aromatic carbocycles. The SMILES string of the molecule is NC(=O)OC(Cn1cccn1)c1ccc(N)cc1. The molecule has 2 rings (SSSR count). The summed E-state index contributed by atoms with van der Waals surface area (Å²) in [5.74, 6) is 0. The first-order valence-corrected chi connectivity index (χ1v) is 5.44. The zero-order chi connectivity index (χ0) is 13.0. The van der Waals surface area contributed by atoms with Gasteiger partial charge in [0.05, 0.1) is 6.54 Å². The fraction of sp³-hybridized carbons (Fsp3) is 0.167. The van der Waals surface area contributed by atoms with E-state index in [1.807, 2.05) is 0 Å². The summed E-state index contributed by atoms with van der Waals surface area (Å²) in [7, 11) is 0. The summed E-state index contributed by atoms with van der Waals surface area (Å²) in [6.07, 6.45) is 2.14. The van der Waals surface area contributed by atoms with Gasteiger partial charge in [0, 0.05) is 18.1 Å². The van der Waals surface area contributed by atoms with E-state index in [1.165, 1.54) is 0 Å². The van der Waals surface area contributed by atoms with E-state index in [4.69, 9.17) is 16.2 Å². The van der Waals surface area contributed by atoms with Gasteiger partial charge in [-0.3, -0.25) is 4.68 Å². The van der Waals surface area contributed by atoms with Crippen LogP contribution in [-0.4, -0.2) is 15.9 Å². The van der Waals surface area contributed by atoms with Crippen molar-refractivity contribution in [3.05, 3.63) is 48.3 Å². The Morgan fingerprint density at radius 3 is 2.67 bits per heavy atom. The molecule has 0 aliphatic rings. The molecule has 1 heterocycles. The van der Waals surface area contributed by atoms with Crippen molar-refractivity contribution in [2.45, 2.75) is 12.6 Å². The normalized spacial score (nSPS) is 12.0. The number of nitrogens with two attached hydrogens (primary N) is 2. The second kappa shape index (κ2) is 5.22. The molecule has 0 fully saturated rings. The topological polar surface area (TPSA) is 96.2 Å². The van der Waals surface area contributed by atoms with Crippen molar-refractivity contribution in [2.24, 2.45) is 5.73 Å². The van der Waals surface area contributed by atoms with Gasteiger partial charge in [0.1, 0.15) is 6.10 Å². The van der Waals surface area contributed by atoms with E-state index in [0.29, 0.717) is 12.2 Å². The monoisotopic (exact) mass is 246 g/mol. The maximum atomic E-state index is 10.9. The lowest BCUT2D eigenvalue weighted by molar-refractivity contribution is 0.0934. The molecule has 1 unspecified atom stereocenters. The molecule has 6 nitrogen and oxygen atoms in total. The number of anilines is 1. The van der Waals surface area contributed by atoms with Crippen LogP contribution in [0.5, 0.6) is 0 Å². The van der Waals surface area contributed by atoms with Gasteiger partial charge in [-0.15, -0.1) is 0 Å². The largest absolute Gasteiger partial charge is 0.440 e. The molecule has 0 aliphatic carbocycles. The number of hydrogen-bond acceptors (Lipinski definition) is 4. The molecule has 0 spiro atoms. The quantitative estimate of drug-likeness (QED) is 0.795. The van der Waals surface area contributed by atoms with Crippen molar-refractivity contribution in [2.75, 3.05) is 5.73 Å². The molecule has 0 bridgehead atoms. The van der Waals surface area contributed by atoms with Gasteiger partial charge >= 0.3 is 6.09 Å². The molecular formula is C12H14N4O2. The van der Waals surface area contributed by atoms with Crippen molar-refractivity contribution in [1.29, 1.82) is 0 Å². The van der Waals surface area contributed by atoms with Gasteiger partial charge in [-0.2, -0.15) is 5.10 Å². The fourth-order valence-corrected chi connectivity index (χ4v) is 1.64. The number of primary amides is 1. The van der Waals surface area contributed by atoms with E-state index in [2.05, 4.69) is 5.10 Å². The Bertz CT molecular complexity index is 507. The first-order chi connectivity index (χ1) is 8.65. The van der Waals surface area contributed by atoms with Crippen LogP contribution < -0.4 is 11.5 Å². The van der Waals surface area contributed by atoms with Gasteiger partial charge < -0.3 is 16.2 Å². The lowest BCUT2D eigenvalue weighted by atomic mass is 10.1. The van der Waals surface area contributed by atoms with Crippen molar-refractivity contribution in [3.8, 4) is 0 Å². The molecule has 94 valence electrons. The number of nitrogen functional groups attached to an aromatic ring is 1. The number of ether oxygens (including phenoxy) is 1. The number of nitrogens with zero attached hydrogens (tertiary/aromatic N) is 2. The summed E-state index contributed by atoms with van der Waals surface area (Å²) in [4.78, 5) is 10.9. The van der Waals surface area contributed by atoms with Crippen molar-refractivity contribution < 1.29 is 9.53 Å². The maximum absolute atomic E-state index is 10.9. The van der Waals surface area contributed by atoms with E-state index < -0.39 is 12.2 Å². The van der Waals surface area contributed by atoms with Gasteiger partial charge in [0.25, 0.3) is 0 Å². The minimum atomic E-state index is -0.816. The molecule has 1 amide bonds. The first kappa shape index (κ1) is 12.0. The smallest absolute Gasteiger partial charge is 0.405 e. The standard InChI is InChI=1S/C12H14N4O2/c13-10-4-2-9(3-5-10)11(18-12(14)17)8-16-7-1-6-15-16/h1-7,11H,8,13H2,(H2,14,17). The van der Waals surface area contributed by atoms with Crippen molar-refractivity contribution >= 4 is 11.8 Å². The van der Waals surface area contributed by atoms with Crippen LogP contribution in [0.2, 0.25) is 0 Å². The highest BCUT2D eigenvalue weighted by Gasteiger charge is 2.16. The number of benzene rings is 1. The predicted molar refractivity (Wildman–Crippen MR) is 66.5 cm³/mol. The molecule has 0 saturated heterocycles.